The van der Waals surface area contributed by atoms with Crippen molar-refractivity contribution in [2.75, 3.05) is 12.1 Å². The fourth-order valence-corrected chi connectivity index (χ4v) is 4.18. The van der Waals surface area contributed by atoms with E-state index in [0.29, 0.717) is 29.9 Å². The van der Waals surface area contributed by atoms with Gasteiger partial charge in [-0.2, -0.15) is 13.2 Å². The molecule has 0 saturated heterocycles. The van der Waals surface area contributed by atoms with Gasteiger partial charge < -0.3 is 14.8 Å². The molecule has 2 aliphatic rings. The molecule has 1 saturated carbocycles. The van der Waals surface area contributed by atoms with E-state index in [2.05, 4.69) is 5.32 Å². The van der Waals surface area contributed by atoms with Crippen LogP contribution in [-0.4, -0.2) is 12.7 Å². The average molecular weight is 439 g/mol. The van der Waals surface area contributed by atoms with E-state index in [-0.39, 0.29) is 24.0 Å². The van der Waals surface area contributed by atoms with Gasteiger partial charge in [-0.25, -0.2) is 0 Å². The number of carbonyl (C=O) groups excluding carboxylic acids is 1. The summed E-state index contributed by atoms with van der Waals surface area (Å²) in [6.07, 6.45) is -3.33. The summed E-state index contributed by atoms with van der Waals surface area (Å²) in [6.45, 7) is 1.90. The van der Waals surface area contributed by atoms with Gasteiger partial charge in [-0.1, -0.05) is 36.4 Å². The number of hydrogen-bond donors (Lipinski definition) is 1. The minimum absolute atomic E-state index is 0.0884. The molecule has 4 nitrogen and oxygen atoms in total. The number of carbonyl (C=O) groups is 1. The largest absolute Gasteiger partial charge is 0.454 e. The smallest absolute Gasteiger partial charge is 0.417 e. The Bertz CT molecular complexity index is 1220. The van der Waals surface area contributed by atoms with Gasteiger partial charge in [0, 0.05) is 5.69 Å². The molecule has 3 aromatic carbocycles. The van der Waals surface area contributed by atoms with Crippen LogP contribution in [0.15, 0.2) is 60.7 Å². The Kier molecular flexibility index (Phi) is 4.65. The minimum Gasteiger partial charge on any atom is -0.454 e. The van der Waals surface area contributed by atoms with Crippen molar-refractivity contribution < 1.29 is 27.4 Å². The van der Waals surface area contributed by atoms with Crippen molar-refractivity contribution in [2.24, 2.45) is 0 Å². The molecule has 0 unspecified atom stereocenters. The van der Waals surface area contributed by atoms with Gasteiger partial charge in [0.25, 0.3) is 0 Å². The van der Waals surface area contributed by atoms with Crippen LogP contribution in [-0.2, 0) is 16.4 Å². The molecule has 1 fully saturated rings. The zero-order chi connectivity index (χ0) is 22.5. The summed E-state index contributed by atoms with van der Waals surface area (Å²) in [6, 6.07) is 16.2. The molecule has 1 aliphatic carbocycles. The van der Waals surface area contributed by atoms with Gasteiger partial charge in [0.2, 0.25) is 12.7 Å². The van der Waals surface area contributed by atoms with Crippen LogP contribution in [0.25, 0.3) is 11.1 Å². The van der Waals surface area contributed by atoms with Gasteiger partial charge in [-0.15, -0.1) is 0 Å². The van der Waals surface area contributed by atoms with Crippen LogP contribution < -0.4 is 14.8 Å². The molecule has 0 aromatic heterocycles. The molecule has 0 atom stereocenters. The molecule has 32 heavy (non-hydrogen) atoms. The maximum atomic E-state index is 13.9. The molecule has 1 heterocycles. The lowest BCUT2D eigenvalue weighted by Crippen LogP contribution is -2.28. The highest BCUT2D eigenvalue weighted by Gasteiger charge is 2.51. The summed E-state index contributed by atoms with van der Waals surface area (Å²) >= 11 is 0. The van der Waals surface area contributed by atoms with E-state index in [9.17, 15) is 18.0 Å². The zero-order valence-corrected chi connectivity index (χ0v) is 17.3. The quantitative estimate of drug-likeness (QED) is 0.536. The Balaban J connectivity index is 1.46. The van der Waals surface area contributed by atoms with Gasteiger partial charge in [-0.3, -0.25) is 4.79 Å². The van der Waals surface area contributed by atoms with Crippen molar-refractivity contribution >= 4 is 11.6 Å². The van der Waals surface area contributed by atoms with Crippen LogP contribution in [0.5, 0.6) is 11.5 Å². The number of fused-ring (bicyclic) bond motifs is 1. The number of nitrogens with one attached hydrogen (secondary N) is 1. The van der Waals surface area contributed by atoms with Crippen molar-refractivity contribution in [2.45, 2.75) is 31.4 Å². The predicted octanol–water partition coefficient (Wildman–Crippen LogP) is 6.08. The highest BCUT2D eigenvalue weighted by molar-refractivity contribution is 6.01. The molecule has 7 heteroatoms. The molecule has 1 aliphatic heterocycles. The van der Waals surface area contributed by atoms with Crippen molar-refractivity contribution in [3.63, 3.8) is 0 Å². The Morgan fingerprint density at radius 2 is 1.69 bits per heavy atom. The first-order chi connectivity index (χ1) is 15.3. The first-order valence-electron chi connectivity index (χ1n) is 10.3. The number of halogens is 3. The molecule has 1 amide bonds. The summed E-state index contributed by atoms with van der Waals surface area (Å²) in [5, 5.41) is 2.71. The Morgan fingerprint density at radius 3 is 2.41 bits per heavy atom. The second-order valence-electron chi connectivity index (χ2n) is 8.18. The van der Waals surface area contributed by atoms with Crippen LogP contribution in [0.2, 0.25) is 0 Å². The highest BCUT2D eigenvalue weighted by Crippen LogP contribution is 2.51. The van der Waals surface area contributed by atoms with Gasteiger partial charge >= 0.3 is 6.18 Å². The van der Waals surface area contributed by atoms with E-state index >= 15 is 0 Å². The molecule has 0 bridgehead atoms. The van der Waals surface area contributed by atoms with E-state index in [4.69, 9.17) is 9.47 Å². The molecule has 0 radical (unpaired) electrons. The minimum atomic E-state index is -4.56. The summed E-state index contributed by atoms with van der Waals surface area (Å²) < 4.78 is 52.4. The molecule has 164 valence electrons. The van der Waals surface area contributed by atoms with Crippen molar-refractivity contribution in [3.05, 3.63) is 77.4 Å². The van der Waals surface area contributed by atoms with Gasteiger partial charge in [0.05, 0.1) is 11.0 Å². The number of aryl methyl sites for hydroxylation is 1. The molecule has 0 spiro atoms. The fourth-order valence-electron chi connectivity index (χ4n) is 4.18. The fraction of sp³-hybridized carbons (Fsp3) is 0.240. The second-order valence-corrected chi connectivity index (χ2v) is 8.18. The summed E-state index contributed by atoms with van der Waals surface area (Å²) in [5.41, 5.74) is 0.682. The number of rotatable bonds is 4. The summed E-state index contributed by atoms with van der Waals surface area (Å²) in [4.78, 5) is 13.1. The lowest BCUT2D eigenvalue weighted by Gasteiger charge is -2.19. The molecular formula is C25H20F3NO3. The van der Waals surface area contributed by atoms with Crippen molar-refractivity contribution in [3.8, 4) is 22.6 Å². The van der Waals surface area contributed by atoms with Crippen LogP contribution in [0.4, 0.5) is 18.9 Å². The Hall–Kier alpha value is -3.48. The third kappa shape index (κ3) is 3.47. The van der Waals surface area contributed by atoms with Crippen molar-refractivity contribution in [1.29, 1.82) is 0 Å². The summed E-state index contributed by atoms with van der Waals surface area (Å²) in [5.74, 6) is 0.864. The molecule has 3 aromatic rings. The van der Waals surface area contributed by atoms with Gasteiger partial charge in [0.15, 0.2) is 11.5 Å². The topological polar surface area (TPSA) is 47.6 Å². The second kappa shape index (κ2) is 7.29. The van der Waals surface area contributed by atoms with E-state index in [1.165, 1.54) is 12.1 Å². The van der Waals surface area contributed by atoms with Gasteiger partial charge in [-0.05, 0) is 66.3 Å². The first kappa shape index (κ1) is 20.4. The third-order valence-corrected chi connectivity index (χ3v) is 6.13. The predicted molar refractivity (Wildman–Crippen MR) is 114 cm³/mol. The van der Waals surface area contributed by atoms with Crippen molar-refractivity contribution in [1.82, 2.24) is 0 Å². The highest BCUT2D eigenvalue weighted by atomic mass is 19.4. The Morgan fingerprint density at radius 1 is 0.938 bits per heavy atom. The van der Waals surface area contributed by atoms with Crippen LogP contribution in [0, 0.1) is 6.92 Å². The standard InChI is InChI=1S/C25H20F3NO3/c1-15-4-2-3-5-18(15)19-8-7-17(13-20(19)25(26,27)28)29-23(30)24(10-11-24)16-6-9-21-22(12-16)32-14-31-21/h2-9,12-13H,10-11,14H2,1H3,(H,29,30). The third-order valence-electron chi connectivity index (χ3n) is 6.13. The van der Waals surface area contributed by atoms with E-state index < -0.39 is 17.2 Å². The SMILES string of the molecule is Cc1ccccc1-c1ccc(NC(=O)C2(c3ccc4c(c3)OCO4)CC2)cc1C(F)(F)F. The first-order valence-corrected chi connectivity index (χ1v) is 10.3. The number of anilines is 1. The molecule has 1 N–H and O–H groups in total. The molecular weight excluding hydrogens is 419 g/mol. The van der Waals surface area contributed by atoms with Crippen LogP contribution >= 0.6 is 0 Å². The molecule has 5 rings (SSSR count). The normalized spacial score (nSPS) is 16.0. The van der Waals surface area contributed by atoms with Crippen LogP contribution in [0.1, 0.15) is 29.5 Å². The lowest BCUT2D eigenvalue weighted by atomic mass is 9.93. The summed E-state index contributed by atoms with van der Waals surface area (Å²) in [7, 11) is 0. The number of hydrogen-bond acceptors (Lipinski definition) is 3. The number of ether oxygens (including phenoxy) is 2. The monoisotopic (exact) mass is 439 g/mol. The van der Waals surface area contributed by atoms with Gasteiger partial charge in [0.1, 0.15) is 0 Å². The van der Waals surface area contributed by atoms with E-state index in [0.717, 1.165) is 17.2 Å². The van der Waals surface area contributed by atoms with Crippen LogP contribution in [0.3, 0.4) is 0 Å². The number of alkyl halides is 3. The average Bonchev–Trinajstić information content (AvgIpc) is 3.44. The maximum absolute atomic E-state index is 13.9. The number of amides is 1. The lowest BCUT2D eigenvalue weighted by molar-refractivity contribution is -0.137. The Labute approximate surface area is 183 Å². The zero-order valence-electron chi connectivity index (χ0n) is 17.3. The maximum Gasteiger partial charge on any atom is 0.417 e. The van der Waals surface area contributed by atoms with E-state index in [1.54, 1.807) is 43.3 Å². The van der Waals surface area contributed by atoms with E-state index in [1.807, 2.05) is 6.07 Å². The number of benzene rings is 3.